The molecule has 0 spiro atoms. The van der Waals surface area contributed by atoms with E-state index in [4.69, 9.17) is 0 Å². The fourth-order valence-electron chi connectivity index (χ4n) is 1.92. The first kappa shape index (κ1) is 13.6. The monoisotopic (exact) mass is 269 g/mol. The number of halogens is 3. The van der Waals surface area contributed by atoms with E-state index in [0.29, 0.717) is 12.5 Å². The molecule has 0 N–H and O–H groups in total. The molecular weight excluding hydrogens is 255 g/mol. The maximum Gasteiger partial charge on any atom is 0.417 e. The van der Waals surface area contributed by atoms with Gasteiger partial charge in [0.1, 0.15) is 6.33 Å². The predicted molar refractivity (Wildman–Crippen MR) is 65.3 cm³/mol. The minimum Gasteiger partial charge on any atom is -0.313 e. The lowest BCUT2D eigenvalue weighted by atomic mass is 10.1. The Kier molecular flexibility index (Phi) is 3.59. The molecule has 0 saturated heterocycles. The van der Waals surface area contributed by atoms with Crippen LogP contribution >= 0.6 is 0 Å². The van der Waals surface area contributed by atoms with Gasteiger partial charge in [-0.05, 0) is 12.0 Å². The molecule has 102 valence electrons. The summed E-state index contributed by atoms with van der Waals surface area (Å²) in [6.07, 6.45) is -2.94. The highest BCUT2D eigenvalue weighted by atomic mass is 19.4. The van der Waals surface area contributed by atoms with Crippen LogP contribution in [-0.2, 0) is 12.7 Å². The van der Waals surface area contributed by atoms with Gasteiger partial charge in [0.15, 0.2) is 5.82 Å². The number of hydrogen-bond donors (Lipinski definition) is 0. The molecule has 0 amide bonds. The van der Waals surface area contributed by atoms with Gasteiger partial charge in [-0.3, -0.25) is 0 Å². The van der Waals surface area contributed by atoms with E-state index in [-0.39, 0.29) is 11.4 Å². The Hall–Kier alpha value is -1.85. The topological polar surface area (TPSA) is 30.7 Å². The SMILES string of the molecule is CC(C)Cn1cnnc1-c1ccccc1C(F)(F)F. The van der Waals surface area contributed by atoms with Gasteiger partial charge in [-0.25, -0.2) is 0 Å². The van der Waals surface area contributed by atoms with Crippen molar-refractivity contribution in [2.75, 3.05) is 0 Å². The van der Waals surface area contributed by atoms with E-state index in [1.54, 1.807) is 10.6 Å². The molecule has 0 bridgehead atoms. The molecule has 1 heterocycles. The molecule has 6 heteroatoms. The summed E-state index contributed by atoms with van der Waals surface area (Å²) in [6.45, 7) is 4.55. The number of benzene rings is 1. The summed E-state index contributed by atoms with van der Waals surface area (Å²) in [5, 5.41) is 7.55. The third kappa shape index (κ3) is 2.94. The number of nitrogens with zero attached hydrogens (tertiary/aromatic N) is 3. The van der Waals surface area contributed by atoms with Gasteiger partial charge >= 0.3 is 6.18 Å². The zero-order valence-electron chi connectivity index (χ0n) is 10.6. The summed E-state index contributed by atoms with van der Waals surface area (Å²) in [5.41, 5.74) is -0.624. The highest BCUT2D eigenvalue weighted by molar-refractivity contribution is 5.61. The van der Waals surface area contributed by atoms with E-state index in [1.807, 2.05) is 13.8 Å². The molecule has 0 atom stereocenters. The lowest BCUT2D eigenvalue weighted by Crippen LogP contribution is -2.10. The number of alkyl halides is 3. The van der Waals surface area contributed by atoms with E-state index in [2.05, 4.69) is 10.2 Å². The average molecular weight is 269 g/mol. The smallest absolute Gasteiger partial charge is 0.313 e. The van der Waals surface area contributed by atoms with Crippen molar-refractivity contribution < 1.29 is 13.2 Å². The Morgan fingerprint density at radius 2 is 1.89 bits per heavy atom. The van der Waals surface area contributed by atoms with Crippen molar-refractivity contribution in [2.45, 2.75) is 26.6 Å². The molecule has 2 aromatic rings. The summed E-state index contributed by atoms with van der Waals surface area (Å²) in [4.78, 5) is 0. The van der Waals surface area contributed by atoms with Crippen LogP contribution < -0.4 is 0 Å². The Morgan fingerprint density at radius 3 is 2.53 bits per heavy atom. The molecule has 0 aliphatic rings. The van der Waals surface area contributed by atoms with Crippen LogP contribution in [0.2, 0.25) is 0 Å². The summed E-state index contributed by atoms with van der Waals surface area (Å²) in [5.74, 6) is 0.550. The number of hydrogen-bond acceptors (Lipinski definition) is 2. The van der Waals surface area contributed by atoms with Crippen molar-refractivity contribution in [1.82, 2.24) is 14.8 Å². The molecular formula is C13H14F3N3. The van der Waals surface area contributed by atoms with Crippen LogP contribution in [0.3, 0.4) is 0 Å². The zero-order valence-corrected chi connectivity index (χ0v) is 10.6. The lowest BCUT2D eigenvalue weighted by molar-refractivity contribution is -0.137. The van der Waals surface area contributed by atoms with E-state index in [9.17, 15) is 13.2 Å². The largest absolute Gasteiger partial charge is 0.417 e. The van der Waals surface area contributed by atoms with Gasteiger partial charge in [-0.1, -0.05) is 32.0 Å². The quantitative estimate of drug-likeness (QED) is 0.852. The first-order valence-electron chi connectivity index (χ1n) is 5.94. The Balaban J connectivity index is 2.51. The molecule has 0 unspecified atom stereocenters. The summed E-state index contributed by atoms with van der Waals surface area (Å²) < 4.78 is 40.6. The van der Waals surface area contributed by atoms with Gasteiger partial charge in [0.2, 0.25) is 0 Å². The van der Waals surface area contributed by atoms with E-state index in [0.717, 1.165) is 6.07 Å². The van der Waals surface area contributed by atoms with Crippen LogP contribution in [0.25, 0.3) is 11.4 Å². The Bertz CT molecular complexity index is 558. The summed E-state index contributed by atoms with van der Waals surface area (Å²) >= 11 is 0. The average Bonchev–Trinajstić information content (AvgIpc) is 2.75. The zero-order chi connectivity index (χ0) is 14.0. The summed E-state index contributed by atoms with van der Waals surface area (Å²) in [6, 6.07) is 5.42. The van der Waals surface area contributed by atoms with Crippen molar-refractivity contribution in [3.8, 4) is 11.4 Å². The van der Waals surface area contributed by atoms with Crippen LogP contribution in [-0.4, -0.2) is 14.8 Å². The minimum atomic E-state index is -4.40. The van der Waals surface area contributed by atoms with Gasteiger partial charge in [0.25, 0.3) is 0 Å². The third-order valence-electron chi connectivity index (χ3n) is 2.65. The van der Waals surface area contributed by atoms with Crippen LogP contribution in [0.5, 0.6) is 0 Å². The highest BCUT2D eigenvalue weighted by Gasteiger charge is 2.34. The maximum atomic E-state index is 13.0. The van der Waals surface area contributed by atoms with Gasteiger partial charge in [-0.15, -0.1) is 10.2 Å². The van der Waals surface area contributed by atoms with Crippen LogP contribution in [0.15, 0.2) is 30.6 Å². The van der Waals surface area contributed by atoms with Crippen molar-refractivity contribution in [1.29, 1.82) is 0 Å². The lowest BCUT2D eigenvalue weighted by Gasteiger charge is -2.14. The maximum absolute atomic E-state index is 13.0. The fraction of sp³-hybridized carbons (Fsp3) is 0.385. The van der Waals surface area contributed by atoms with Gasteiger partial charge in [-0.2, -0.15) is 13.2 Å². The molecule has 2 rings (SSSR count). The van der Waals surface area contributed by atoms with Crippen LogP contribution in [0.1, 0.15) is 19.4 Å². The van der Waals surface area contributed by atoms with Gasteiger partial charge in [0.05, 0.1) is 5.56 Å². The van der Waals surface area contributed by atoms with E-state index >= 15 is 0 Å². The third-order valence-corrected chi connectivity index (χ3v) is 2.65. The molecule has 0 aliphatic heterocycles. The highest BCUT2D eigenvalue weighted by Crippen LogP contribution is 2.36. The molecule has 1 aromatic heterocycles. The second-order valence-electron chi connectivity index (χ2n) is 4.74. The molecule has 0 aliphatic carbocycles. The van der Waals surface area contributed by atoms with Gasteiger partial charge in [0, 0.05) is 12.1 Å². The number of rotatable bonds is 3. The first-order valence-corrected chi connectivity index (χ1v) is 5.94. The predicted octanol–water partition coefficient (Wildman–Crippen LogP) is 3.62. The van der Waals surface area contributed by atoms with Crippen molar-refractivity contribution in [3.63, 3.8) is 0 Å². The van der Waals surface area contributed by atoms with Crippen LogP contribution in [0, 0.1) is 5.92 Å². The van der Waals surface area contributed by atoms with Crippen molar-refractivity contribution in [2.24, 2.45) is 5.92 Å². The molecule has 0 fully saturated rings. The van der Waals surface area contributed by atoms with Gasteiger partial charge < -0.3 is 4.57 Å². The second-order valence-corrected chi connectivity index (χ2v) is 4.74. The molecule has 19 heavy (non-hydrogen) atoms. The molecule has 0 radical (unpaired) electrons. The Morgan fingerprint density at radius 1 is 1.21 bits per heavy atom. The standard InChI is InChI=1S/C13H14F3N3/c1-9(2)7-19-8-17-18-12(19)10-5-3-4-6-11(10)13(14,15)16/h3-6,8-9H,7H2,1-2H3. The van der Waals surface area contributed by atoms with E-state index in [1.165, 1.54) is 18.5 Å². The first-order chi connectivity index (χ1) is 8.89. The molecule has 0 saturated carbocycles. The normalized spacial score (nSPS) is 12.1. The number of aromatic nitrogens is 3. The van der Waals surface area contributed by atoms with Crippen LogP contribution in [0.4, 0.5) is 13.2 Å². The molecule has 1 aromatic carbocycles. The Labute approximate surface area is 109 Å². The summed E-state index contributed by atoms with van der Waals surface area (Å²) in [7, 11) is 0. The second kappa shape index (κ2) is 5.03. The fourth-order valence-corrected chi connectivity index (χ4v) is 1.92. The van der Waals surface area contributed by atoms with E-state index < -0.39 is 11.7 Å². The van der Waals surface area contributed by atoms with Crippen molar-refractivity contribution in [3.05, 3.63) is 36.2 Å². The minimum absolute atomic E-state index is 0.0631. The molecule has 3 nitrogen and oxygen atoms in total. The van der Waals surface area contributed by atoms with Crippen molar-refractivity contribution >= 4 is 0 Å².